The Hall–Kier alpha value is -1.22. The van der Waals surface area contributed by atoms with Crippen LogP contribution < -0.4 is 10.6 Å². The number of hydrogen-bond donors (Lipinski definition) is 1. The zero-order valence-corrected chi connectivity index (χ0v) is 8.11. The van der Waals surface area contributed by atoms with Crippen molar-refractivity contribution in [2.75, 3.05) is 43.8 Å². The Morgan fingerprint density at radius 2 is 1.79 bits per heavy atom. The largest absolute Gasteiger partial charge is 0.399 e. The molecule has 1 aromatic carbocycles. The van der Waals surface area contributed by atoms with E-state index < -0.39 is 6.98 Å². The van der Waals surface area contributed by atoms with Crippen molar-refractivity contribution in [3.8, 4) is 0 Å². The van der Waals surface area contributed by atoms with Crippen LogP contribution in [0.25, 0.3) is 0 Å². The summed E-state index contributed by atoms with van der Waals surface area (Å²) in [6.45, 7) is 0.652. The first-order valence-electron chi connectivity index (χ1n) is 6.32. The van der Waals surface area contributed by atoms with Gasteiger partial charge in [-0.25, -0.2) is 0 Å². The Bertz CT molecular complexity index is 367. The standard InChI is InChI=1S/C11H17N3/c1-13-6-8-14(9-7-13)11-4-2-10(12)3-5-11/h2-5H,6-9,12H2,1H3/i1D3. The fraction of sp³-hybridized carbons (Fsp3) is 0.455. The van der Waals surface area contributed by atoms with Crippen molar-refractivity contribution in [3.05, 3.63) is 24.3 Å². The number of nitrogens with two attached hydrogens (primary N) is 1. The lowest BCUT2D eigenvalue weighted by atomic mass is 10.2. The van der Waals surface area contributed by atoms with Gasteiger partial charge in [0.05, 0.1) is 0 Å². The summed E-state index contributed by atoms with van der Waals surface area (Å²) in [7, 11) is 0. The molecule has 0 saturated carbocycles. The van der Waals surface area contributed by atoms with Crippen molar-refractivity contribution in [3.63, 3.8) is 0 Å². The average molecular weight is 194 g/mol. The van der Waals surface area contributed by atoms with Gasteiger partial charge < -0.3 is 15.5 Å². The van der Waals surface area contributed by atoms with Crippen LogP contribution in [0.3, 0.4) is 0 Å². The Balaban J connectivity index is 1.97. The maximum Gasteiger partial charge on any atom is 0.0394 e. The van der Waals surface area contributed by atoms with E-state index in [1.165, 1.54) is 0 Å². The van der Waals surface area contributed by atoms with E-state index in [1.807, 2.05) is 24.3 Å². The molecular weight excluding hydrogens is 174 g/mol. The normalized spacial score (nSPS) is 22.6. The summed E-state index contributed by atoms with van der Waals surface area (Å²) in [5.41, 5.74) is 7.48. The van der Waals surface area contributed by atoms with Crippen LogP contribution in [-0.4, -0.2) is 38.1 Å². The summed E-state index contributed by atoms with van der Waals surface area (Å²) in [6.07, 6.45) is 0. The van der Waals surface area contributed by atoms with E-state index in [-0.39, 0.29) is 0 Å². The Morgan fingerprint density at radius 3 is 2.36 bits per heavy atom. The van der Waals surface area contributed by atoms with Crippen LogP contribution in [0.15, 0.2) is 24.3 Å². The van der Waals surface area contributed by atoms with E-state index in [0.717, 1.165) is 24.5 Å². The summed E-state index contributed by atoms with van der Waals surface area (Å²) >= 11 is 0. The summed E-state index contributed by atoms with van der Waals surface area (Å²) in [6, 6.07) is 7.68. The van der Waals surface area contributed by atoms with Gasteiger partial charge in [0.15, 0.2) is 0 Å². The van der Waals surface area contributed by atoms with Crippen LogP contribution in [0.4, 0.5) is 11.4 Å². The molecule has 3 heteroatoms. The first-order valence-corrected chi connectivity index (χ1v) is 4.82. The van der Waals surface area contributed by atoms with Crippen LogP contribution in [0.1, 0.15) is 4.11 Å². The summed E-state index contributed by atoms with van der Waals surface area (Å²) in [5, 5.41) is 0. The molecule has 1 fully saturated rings. The molecule has 0 spiro atoms. The van der Waals surface area contributed by atoms with E-state index in [2.05, 4.69) is 4.90 Å². The van der Waals surface area contributed by atoms with Gasteiger partial charge in [-0.1, -0.05) is 0 Å². The molecule has 0 radical (unpaired) electrons. The first kappa shape index (κ1) is 6.30. The van der Waals surface area contributed by atoms with Gasteiger partial charge in [0.1, 0.15) is 0 Å². The molecule has 0 amide bonds. The minimum Gasteiger partial charge on any atom is -0.399 e. The number of hydrogen-bond acceptors (Lipinski definition) is 3. The molecule has 1 saturated heterocycles. The van der Waals surface area contributed by atoms with Crippen molar-refractivity contribution in [2.45, 2.75) is 0 Å². The number of rotatable bonds is 1. The highest BCUT2D eigenvalue weighted by Gasteiger charge is 2.13. The topological polar surface area (TPSA) is 32.5 Å². The van der Waals surface area contributed by atoms with E-state index in [4.69, 9.17) is 9.85 Å². The van der Waals surface area contributed by atoms with Crippen molar-refractivity contribution in [2.24, 2.45) is 0 Å². The molecule has 1 heterocycles. The number of nitrogens with zero attached hydrogens (tertiary/aromatic N) is 2. The Kier molecular flexibility index (Phi) is 1.75. The lowest BCUT2D eigenvalue weighted by molar-refractivity contribution is 0.313. The molecular formula is C11H17N3. The van der Waals surface area contributed by atoms with Gasteiger partial charge in [-0.15, -0.1) is 0 Å². The van der Waals surface area contributed by atoms with Crippen LogP contribution >= 0.6 is 0 Å². The average Bonchev–Trinajstić information content (AvgIpc) is 2.29. The number of nitrogen functional groups attached to an aromatic ring is 1. The molecule has 2 N–H and O–H groups in total. The second-order valence-electron chi connectivity index (χ2n) is 3.57. The third-order valence-electron chi connectivity index (χ3n) is 2.54. The van der Waals surface area contributed by atoms with Gasteiger partial charge in [-0.05, 0) is 31.2 Å². The van der Waals surface area contributed by atoms with Crippen molar-refractivity contribution < 1.29 is 4.11 Å². The molecule has 14 heavy (non-hydrogen) atoms. The van der Waals surface area contributed by atoms with Gasteiger partial charge in [-0.2, -0.15) is 0 Å². The fourth-order valence-electron chi connectivity index (χ4n) is 1.65. The molecule has 0 aromatic heterocycles. The highest BCUT2D eigenvalue weighted by molar-refractivity contribution is 5.53. The van der Waals surface area contributed by atoms with Crippen molar-refractivity contribution in [1.82, 2.24) is 4.90 Å². The maximum atomic E-state index is 7.35. The lowest BCUT2D eigenvalue weighted by Crippen LogP contribution is -2.44. The van der Waals surface area contributed by atoms with Crippen molar-refractivity contribution in [1.29, 1.82) is 0 Å². The number of likely N-dealkylation sites (N-methyl/N-ethyl adjacent to an activating group) is 1. The molecule has 76 valence electrons. The van der Waals surface area contributed by atoms with E-state index in [1.54, 1.807) is 4.90 Å². The summed E-state index contributed by atoms with van der Waals surface area (Å²) in [4.78, 5) is 3.72. The van der Waals surface area contributed by atoms with E-state index in [0.29, 0.717) is 13.1 Å². The highest BCUT2D eigenvalue weighted by Crippen LogP contribution is 2.17. The SMILES string of the molecule is [2H]C([2H])([2H])N1CCN(c2ccc(N)cc2)CC1. The number of piperazine rings is 1. The zero-order valence-electron chi connectivity index (χ0n) is 11.1. The molecule has 1 aromatic rings. The number of anilines is 2. The van der Waals surface area contributed by atoms with Crippen LogP contribution in [-0.2, 0) is 0 Å². The molecule has 0 aliphatic carbocycles. The molecule has 2 rings (SSSR count). The van der Waals surface area contributed by atoms with Gasteiger partial charge >= 0.3 is 0 Å². The van der Waals surface area contributed by atoms with Crippen molar-refractivity contribution >= 4 is 11.4 Å². The molecule has 0 unspecified atom stereocenters. The van der Waals surface area contributed by atoms with Gasteiger partial charge in [0, 0.05) is 41.7 Å². The molecule has 0 atom stereocenters. The monoisotopic (exact) mass is 194 g/mol. The van der Waals surface area contributed by atoms with Crippen LogP contribution in [0.2, 0.25) is 0 Å². The molecule has 3 nitrogen and oxygen atoms in total. The van der Waals surface area contributed by atoms with Crippen LogP contribution in [0, 0.1) is 0 Å². The maximum absolute atomic E-state index is 7.35. The minimum absolute atomic E-state index is 0.570. The zero-order chi connectivity index (χ0) is 12.5. The number of benzene rings is 1. The molecule has 1 aliphatic heterocycles. The fourth-order valence-corrected chi connectivity index (χ4v) is 1.65. The van der Waals surface area contributed by atoms with Gasteiger partial charge in [0.25, 0.3) is 0 Å². The lowest BCUT2D eigenvalue weighted by Gasteiger charge is -2.34. The molecule has 1 aliphatic rings. The third kappa shape index (κ3) is 1.99. The van der Waals surface area contributed by atoms with Gasteiger partial charge in [0.2, 0.25) is 0 Å². The van der Waals surface area contributed by atoms with Gasteiger partial charge in [-0.3, -0.25) is 0 Å². The minimum atomic E-state index is -1.97. The van der Waals surface area contributed by atoms with Crippen LogP contribution in [0.5, 0.6) is 0 Å². The second kappa shape index (κ2) is 3.88. The van der Waals surface area contributed by atoms with E-state index >= 15 is 0 Å². The summed E-state index contributed by atoms with van der Waals surface area (Å²) in [5.74, 6) is 0. The Morgan fingerprint density at radius 1 is 1.14 bits per heavy atom. The third-order valence-corrected chi connectivity index (χ3v) is 2.54. The second-order valence-corrected chi connectivity index (χ2v) is 3.57. The quantitative estimate of drug-likeness (QED) is 0.677. The summed E-state index contributed by atoms with van der Waals surface area (Å²) < 4.78 is 22.0. The predicted molar refractivity (Wildman–Crippen MR) is 60.6 cm³/mol. The first-order chi connectivity index (χ1) is 7.97. The predicted octanol–water partition coefficient (Wildman–Crippen LogP) is 1.02. The van der Waals surface area contributed by atoms with E-state index in [9.17, 15) is 0 Å². The molecule has 0 bridgehead atoms. The highest BCUT2D eigenvalue weighted by atomic mass is 15.2. The smallest absolute Gasteiger partial charge is 0.0394 e. The Labute approximate surface area is 89.3 Å².